The van der Waals surface area contributed by atoms with Crippen LogP contribution in [-0.4, -0.2) is 30.2 Å². The lowest BCUT2D eigenvalue weighted by Gasteiger charge is -2.45. The van der Waals surface area contributed by atoms with Crippen molar-refractivity contribution in [2.24, 2.45) is 23.7 Å². The van der Waals surface area contributed by atoms with Gasteiger partial charge in [0.15, 0.2) is 6.29 Å². The Kier molecular flexibility index (Phi) is 6.19. The van der Waals surface area contributed by atoms with Crippen LogP contribution in [0.25, 0.3) is 0 Å². The van der Waals surface area contributed by atoms with Crippen molar-refractivity contribution in [3.8, 4) is 0 Å². The third-order valence-corrected chi connectivity index (χ3v) is 6.86. The first kappa shape index (κ1) is 19.2. The average Bonchev–Trinajstić information content (AvgIpc) is 2.79. The molecule has 136 valence electrons. The molecule has 2 fully saturated rings. The van der Waals surface area contributed by atoms with E-state index in [1.165, 1.54) is 0 Å². The zero-order valence-corrected chi connectivity index (χ0v) is 16.5. The van der Waals surface area contributed by atoms with Crippen molar-refractivity contribution in [3.05, 3.63) is 0 Å². The molecule has 9 atom stereocenters. The van der Waals surface area contributed by atoms with Gasteiger partial charge in [0.25, 0.3) is 0 Å². The summed E-state index contributed by atoms with van der Waals surface area (Å²) in [6.07, 6.45) is 3.68. The molecule has 0 saturated carbocycles. The number of ether oxygens (including phenoxy) is 3. The van der Waals surface area contributed by atoms with E-state index in [-0.39, 0.29) is 18.0 Å². The Labute approximate surface area is 143 Å². The third-order valence-electron chi connectivity index (χ3n) is 6.86. The topological polar surface area (TPSA) is 27.7 Å². The molecule has 0 aromatic carbocycles. The molecule has 0 aromatic heterocycles. The highest BCUT2D eigenvalue weighted by Crippen LogP contribution is 2.44. The number of hydrogen-bond donors (Lipinski definition) is 0. The highest BCUT2D eigenvalue weighted by molar-refractivity contribution is 4.98. The zero-order chi connectivity index (χ0) is 17.4. The van der Waals surface area contributed by atoms with E-state index in [0.29, 0.717) is 35.9 Å². The van der Waals surface area contributed by atoms with Crippen molar-refractivity contribution in [3.63, 3.8) is 0 Å². The molecule has 0 aromatic rings. The quantitative estimate of drug-likeness (QED) is 0.709. The predicted octanol–water partition coefficient (Wildman–Crippen LogP) is 5.03. The van der Waals surface area contributed by atoms with E-state index in [1.54, 1.807) is 0 Å². The van der Waals surface area contributed by atoms with E-state index >= 15 is 0 Å². The van der Waals surface area contributed by atoms with E-state index in [9.17, 15) is 0 Å². The smallest absolute Gasteiger partial charge is 0.161 e. The Morgan fingerprint density at radius 1 is 0.826 bits per heavy atom. The minimum absolute atomic E-state index is 0.108. The molecule has 0 bridgehead atoms. The summed E-state index contributed by atoms with van der Waals surface area (Å²) in [4.78, 5) is 0. The molecule has 2 aliphatic heterocycles. The molecule has 4 unspecified atom stereocenters. The van der Waals surface area contributed by atoms with Gasteiger partial charge in [-0.25, -0.2) is 0 Å². The molecule has 0 spiro atoms. The summed E-state index contributed by atoms with van der Waals surface area (Å²) >= 11 is 0. The van der Waals surface area contributed by atoms with Crippen LogP contribution < -0.4 is 0 Å². The fourth-order valence-corrected chi connectivity index (χ4v) is 4.53. The van der Waals surface area contributed by atoms with Gasteiger partial charge >= 0.3 is 0 Å². The molecule has 2 heterocycles. The van der Waals surface area contributed by atoms with Gasteiger partial charge in [-0.15, -0.1) is 0 Å². The van der Waals surface area contributed by atoms with Gasteiger partial charge in [-0.3, -0.25) is 0 Å². The number of rotatable bonds is 5. The first-order valence-electron chi connectivity index (χ1n) is 9.77. The maximum absolute atomic E-state index is 6.62. The molecular formula is C20H38O3. The van der Waals surface area contributed by atoms with Crippen LogP contribution in [0.2, 0.25) is 0 Å². The first-order chi connectivity index (χ1) is 10.8. The summed E-state index contributed by atoms with van der Waals surface area (Å²) < 4.78 is 19.4. The molecule has 2 rings (SSSR count). The maximum Gasteiger partial charge on any atom is 0.161 e. The summed E-state index contributed by atoms with van der Waals surface area (Å²) in [7, 11) is 0. The molecule has 0 amide bonds. The maximum atomic E-state index is 6.62. The standard InChI is InChI=1S/C20H38O3/c1-9-16-13(5)12(4)14(6)19(21-16)22-18-15(7)17(10-2)23-20(18,8)11-3/h12-19H,9-11H2,1-8H3/t12-,13?,14?,15?,16+,17-,18?,19-,20-/m0/s1. The van der Waals surface area contributed by atoms with Gasteiger partial charge in [-0.05, 0) is 38.0 Å². The number of hydrogen-bond acceptors (Lipinski definition) is 3. The van der Waals surface area contributed by atoms with Gasteiger partial charge in [0, 0.05) is 11.8 Å². The van der Waals surface area contributed by atoms with E-state index < -0.39 is 0 Å². The van der Waals surface area contributed by atoms with E-state index in [1.807, 2.05) is 0 Å². The van der Waals surface area contributed by atoms with E-state index in [2.05, 4.69) is 55.4 Å². The summed E-state index contributed by atoms with van der Waals surface area (Å²) in [6.45, 7) is 18.0. The summed E-state index contributed by atoms with van der Waals surface area (Å²) in [5, 5.41) is 0. The van der Waals surface area contributed by atoms with Crippen LogP contribution in [0.3, 0.4) is 0 Å². The second-order valence-corrected chi connectivity index (χ2v) is 8.18. The molecule has 0 aliphatic carbocycles. The van der Waals surface area contributed by atoms with Crippen molar-refractivity contribution in [2.75, 3.05) is 0 Å². The Bertz CT molecular complexity index is 383. The van der Waals surface area contributed by atoms with Gasteiger partial charge in [-0.1, -0.05) is 48.5 Å². The average molecular weight is 327 g/mol. The van der Waals surface area contributed by atoms with Crippen LogP contribution in [0.5, 0.6) is 0 Å². The second kappa shape index (κ2) is 7.41. The van der Waals surface area contributed by atoms with Crippen LogP contribution >= 0.6 is 0 Å². The van der Waals surface area contributed by atoms with Crippen molar-refractivity contribution >= 4 is 0 Å². The second-order valence-electron chi connectivity index (χ2n) is 8.18. The summed E-state index contributed by atoms with van der Waals surface area (Å²) in [6, 6.07) is 0. The molecule has 3 nitrogen and oxygen atoms in total. The largest absolute Gasteiger partial charge is 0.369 e. The molecule has 2 saturated heterocycles. The van der Waals surface area contributed by atoms with Gasteiger partial charge < -0.3 is 14.2 Å². The van der Waals surface area contributed by atoms with Gasteiger partial charge in [0.1, 0.15) is 0 Å². The van der Waals surface area contributed by atoms with Crippen LogP contribution in [0.15, 0.2) is 0 Å². The van der Waals surface area contributed by atoms with Gasteiger partial charge in [-0.2, -0.15) is 0 Å². The lowest BCUT2D eigenvalue weighted by Crippen LogP contribution is -2.50. The van der Waals surface area contributed by atoms with Crippen molar-refractivity contribution in [1.29, 1.82) is 0 Å². The first-order valence-corrected chi connectivity index (χ1v) is 9.77. The van der Waals surface area contributed by atoms with Crippen LogP contribution in [0.4, 0.5) is 0 Å². The SMILES string of the molecule is CC[C@@H]1O[C@@](C)(CC)C(O[C@@H]2O[C@H](CC)C(C)[C@H](C)C2C)C1C. The monoisotopic (exact) mass is 326 g/mol. The van der Waals surface area contributed by atoms with Crippen molar-refractivity contribution in [2.45, 2.75) is 105 Å². The zero-order valence-electron chi connectivity index (χ0n) is 16.5. The minimum atomic E-state index is -0.197. The fraction of sp³-hybridized carbons (Fsp3) is 1.00. The summed E-state index contributed by atoms with van der Waals surface area (Å²) in [5.74, 6) is 2.04. The van der Waals surface area contributed by atoms with E-state index in [4.69, 9.17) is 14.2 Å². The normalized spacial score (nSPS) is 51.1. The van der Waals surface area contributed by atoms with Gasteiger partial charge in [0.2, 0.25) is 0 Å². The highest BCUT2D eigenvalue weighted by Gasteiger charge is 2.51. The van der Waals surface area contributed by atoms with Crippen molar-refractivity contribution < 1.29 is 14.2 Å². The molecular weight excluding hydrogens is 288 g/mol. The Balaban J connectivity index is 2.15. The third kappa shape index (κ3) is 3.48. The fourth-order valence-electron chi connectivity index (χ4n) is 4.53. The Morgan fingerprint density at radius 3 is 1.96 bits per heavy atom. The van der Waals surface area contributed by atoms with Gasteiger partial charge in [0.05, 0.1) is 23.9 Å². The van der Waals surface area contributed by atoms with Crippen LogP contribution in [0, 0.1) is 23.7 Å². The molecule has 23 heavy (non-hydrogen) atoms. The minimum Gasteiger partial charge on any atom is -0.369 e. The lowest BCUT2D eigenvalue weighted by molar-refractivity contribution is -0.279. The predicted molar refractivity (Wildman–Crippen MR) is 94.3 cm³/mol. The Morgan fingerprint density at radius 2 is 1.43 bits per heavy atom. The molecule has 0 N–H and O–H groups in total. The molecule has 2 aliphatic rings. The molecule has 3 heteroatoms. The van der Waals surface area contributed by atoms with Crippen LogP contribution in [-0.2, 0) is 14.2 Å². The van der Waals surface area contributed by atoms with Crippen molar-refractivity contribution in [1.82, 2.24) is 0 Å². The van der Waals surface area contributed by atoms with E-state index in [0.717, 1.165) is 19.3 Å². The molecule has 0 radical (unpaired) electrons. The summed E-state index contributed by atoms with van der Waals surface area (Å²) in [5.41, 5.74) is -0.197. The van der Waals surface area contributed by atoms with Crippen LogP contribution in [0.1, 0.15) is 74.7 Å². The highest BCUT2D eigenvalue weighted by atomic mass is 16.7. The lowest BCUT2D eigenvalue weighted by atomic mass is 9.78. The Hall–Kier alpha value is -0.120.